The Morgan fingerprint density at radius 1 is 1.00 bits per heavy atom. The molecule has 3 aromatic carbocycles. The van der Waals surface area contributed by atoms with Gasteiger partial charge in [0.2, 0.25) is 0 Å². The first-order valence-corrected chi connectivity index (χ1v) is 11.2. The lowest BCUT2D eigenvalue weighted by molar-refractivity contribution is -0.149. The summed E-state index contributed by atoms with van der Waals surface area (Å²) >= 11 is 6.11. The second-order valence-electron chi connectivity index (χ2n) is 7.85. The molecule has 0 unspecified atom stereocenters. The lowest BCUT2D eigenvalue weighted by Crippen LogP contribution is -2.44. The van der Waals surface area contributed by atoms with Crippen molar-refractivity contribution in [2.75, 3.05) is 11.9 Å². The Morgan fingerprint density at radius 2 is 1.75 bits per heavy atom. The second-order valence-corrected chi connectivity index (χ2v) is 8.26. The molecule has 0 saturated carbocycles. The molecule has 0 aliphatic rings. The van der Waals surface area contributed by atoms with E-state index in [0.717, 1.165) is 34.7 Å². The molecule has 3 N–H and O–H groups in total. The van der Waals surface area contributed by atoms with Crippen LogP contribution in [0.2, 0.25) is 5.02 Å². The summed E-state index contributed by atoms with van der Waals surface area (Å²) in [6.45, 7) is -0.777. The van der Waals surface area contributed by atoms with Gasteiger partial charge in [0.25, 0.3) is 11.8 Å². The van der Waals surface area contributed by atoms with Crippen LogP contribution in [0.25, 0.3) is 10.9 Å². The normalized spacial score (nSPS) is 11.6. The third kappa shape index (κ3) is 5.87. The number of amides is 2. The van der Waals surface area contributed by atoms with E-state index in [1.807, 2.05) is 24.3 Å². The maximum Gasteiger partial charge on any atom is 0.329 e. The number of rotatable bonds is 8. The van der Waals surface area contributed by atoms with Gasteiger partial charge in [-0.15, -0.1) is 0 Å². The molecule has 0 aliphatic carbocycles. The van der Waals surface area contributed by atoms with Crippen molar-refractivity contribution in [1.29, 1.82) is 0 Å². The highest BCUT2D eigenvalue weighted by Gasteiger charge is 2.26. The quantitative estimate of drug-likeness (QED) is 0.300. The van der Waals surface area contributed by atoms with Crippen molar-refractivity contribution in [1.82, 2.24) is 10.3 Å². The number of anilines is 1. The number of H-pyrrole nitrogens is 1. The number of hydrogen-bond donors (Lipinski definition) is 3. The van der Waals surface area contributed by atoms with Gasteiger partial charge in [-0.3, -0.25) is 9.59 Å². The van der Waals surface area contributed by atoms with Gasteiger partial charge in [-0.2, -0.15) is 0 Å². The summed E-state index contributed by atoms with van der Waals surface area (Å²) in [7, 11) is 0. The van der Waals surface area contributed by atoms with Crippen LogP contribution in [0.5, 0.6) is 0 Å². The Labute approximate surface area is 209 Å². The van der Waals surface area contributed by atoms with E-state index in [4.69, 9.17) is 16.3 Å². The van der Waals surface area contributed by atoms with Crippen molar-refractivity contribution in [3.8, 4) is 0 Å². The van der Waals surface area contributed by atoms with Crippen molar-refractivity contribution in [3.05, 3.63) is 101 Å². The molecule has 4 rings (SSSR count). The first kappa shape index (κ1) is 24.9. The number of para-hydroxylation sites is 1. The molecule has 184 valence electrons. The van der Waals surface area contributed by atoms with Gasteiger partial charge in [0.05, 0.1) is 16.3 Å². The van der Waals surface area contributed by atoms with Crippen LogP contribution < -0.4 is 10.6 Å². The first-order valence-electron chi connectivity index (χ1n) is 10.8. The fourth-order valence-electron chi connectivity index (χ4n) is 3.61. The highest BCUT2D eigenvalue weighted by molar-refractivity contribution is 6.33. The molecule has 10 heteroatoms. The van der Waals surface area contributed by atoms with E-state index in [-0.39, 0.29) is 17.0 Å². The van der Waals surface area contributed by atoms with Crippen molar-refractivity contribution < 1.29 is 27.9 Å². The Morgan fingerprint density at radius 3 is 2.56 bits per heavy atom. The number of esters is 1. The number of fused-ring (bicyclic) bond motifs is 1. The Kier molecular flexibility index (Phi) is 7.60. The van der Waals surface area contributed by atoms with Gasteiger partial charge >= 0.3 is 5.97 Å². The summed E-state index contributed by atoms with van der Waals surface area (Å²) in [5.74, 6) is -3.97. The smallest absolute Gasteiger partial charge is 0.329 e. The zero-order valence-corrected chi connectivity index (χ0v) is 19.4. The molecule has 0 aliphatic heterocycles. The SMILES string of the molecule is O=C(COC(=O)[C@H](Cc1c[nH]c2ccccc12)NC(=O)c1ccccc1Cl)Nc1cc(F)ccc1F. The predicted molar refractivity (Wildman–Crippen MR) is 131 cm³/mol. The number of ether oxygens (including phenoxy) is 1. The number of aromatic amines is 1. The van der Waals surface area contributed by atoms with Crippen molar-refractivity contribution in [2.24, 2.45) is 0 Å². The molecule has 36 heavy (non-hydrogen) atoms. The van der Waals surface area contributed by atoms with Gasteiger partial charge in [0.15, 0.2) is 6.61 Å². The summed E-state index contributed by atoms with van der Waals surface area (Å²) in [5, 5.41) is 5.81. The molecule has 0 radical (unpaired) electrons. The van der Waals surface area contributed by atoms with E-state index < -0.39 is 47.8 Å². The number of benzene rings is 3. The molecule has 0 saturated heterocycles. The van der Waals surface area contributed by atoms with E-state index in [9.17, 15) is 23.2 Å². The monoisotopic (exact) mass is 511 g/mol. The molecule has 7 nitrogen and oxygen atoms in total. The molecule has 1 aromatic heterocycles. The van der Waals surface area contributed by atoms with Crippen LogP contribution in [0, 0.1) is 11.6 Å². The summed E-state index contributed by atoms with van der Waals surface area (Å²) in [6, 6.07) is 15.2. The second kappa shape index (κ2) is 11.0. The molecule has 0 bridgehead atoms. The number of hydrogen-bond acceptors (Lipinski definition) is 4. The molecule has 1 atom stereocenters. The summed E-state index contributed by atoms with van der Waals surface area (Å²) in [5.41, 5.74) is 1.35. The third-order valence-corrected chi connectivity index (χ3v) is 5.68. The Balaban J connectivity index is 1.49. The zero-order chi connectivity index (χ0) is 25.7. The van der Waals surface area contributed by atoms with Crippen LogP contribution in [-0.2, 0) is 20.7 Å². The molecular formula is C26H20ClF2N3O4. The number of nitrogens with one attached hydrogen (secondary N) is 3. The van der Waals surface area contributed by atoms with Gasteiger partial charge in [-0.05, 0) is 35.9 Å². The van der Waals surface area contributed by atoms with E-state index in [2.05, 4.69) is 15.6 Å². The number of aromatic nitrogens is 1. The number of carbonyl (C=O) groups excluding carboxylic acids is 3. The van der Waals surface area contributed by atoms with Crippen molar-refractivity contribution >= 4 is 46.0 Å². The fourth-order valence-corrected chi connectivity index (χ4v) is 3.83. The average Bonchev–Trinajstić information content (AvgIpc) is 3.27. The minimum absolute atomic E-state index is 0.0547. The maximum absolute atomic E-state index is 13.8. The molecule has 0 fully saturated rings. The van der Waals surface area contributed by atoms with Crippen LogP contribution >= 0.6 is 11.6 Å². The van der Waals surface area contributed by atoms with Crippen molar-refractivity contribution in [2.45, 2.75) is 12.5 Å². The topological polar surface area (TPSA) is 100 Å². The highest BCUT2D eigenvalue weighted by Crippen LogP contribution is 2.21. The minimum atomic E-state index is -1.17. The highest BCUT2D eigenvalue weighted by atomic mass is 35.5. The molecule has 4 aromatic rings. The number of halogens is 3. The van der Waals surface area contributed by atoms with Gasteiger partial charge < -0.3 is 20.4 Å². The standard InChI is InChI=1S/C26H20ClF2N3O4/c27-19-7-3-1-6-18(19)25(34)32-23(11-15-13-30-21-8-4-2-5-17(15)21)26(35)36-14-24(33)31-22-12-16(28)9-10-20(22)29/h1-10,12-13,23,30H,11,14H2,(H,31,33)(H,32,34)/t23-/m0/s1. The third-order valence-electron chi connectivity index (χ3n) is 5.36. The van der Waals surface area contributed by atoms with E-state index >= 15 is 0 Å². The van der Waals surface area contributed by atoms with Crippen LogP contribution in [-0.4, -0.2) is 35.4 Å². The van der Waals surface area contributed by atoms with Gasteiger partial charge in [-0.1, -0.05) is 41.9 Å². The summed E-state index contributed by atoms with van der Waals surface area (Å²) < 4.78 is 32.2. The zero-order valence-electron chi connectivity index (χ0n) is 18.7. The average molecular weight is 512 g/mol. The molecule has 1 heterocycles. The first-order chi connectivity index (χ1) is 17.3. The summed E-state index contributed by atoms with van der Waals surface area (Å²) in [6.07, 6.45) is 1.77. The van der Waals surface area contributed by atoms with E-state index in [0.29, 0.717) is 0 Å². The lowest BCUT2D eigenvalue weighted by atomic mass is 10.0. The maximum atomic E-state index is 13.8. The van der Waals surface area contributed by atoms with E-state index in [1.165, 1.54) is 6.07 Å². The Bertz CT molecular complexity index is 1440. The van der Waals surface area contributed by atoms with Crippen molar-refractivity contribution in [3.63, 3.8) is 0 Å². The van der Waals surface area contributed by atoms with Gasteiger partial charge in [0, 0.05) is 29.6 Å². The lowest BCUT2D eigenvalue weighted by Gasteiger charge is -2.18. The number of carbonyl (C=O) groups is 3. The predicted octanol–water partition coefficient (Wildman–Crippen LogP) is 4.62. The Hall–Kier alpha value is -4.24. The van der Waals surface area contributed by atoms with Gasteiger partial charge in [-0.25, -0.2) is 13.6 Å². The van der Waals surface area contributed by atoms with Crippen LogP contribution in [0.1, 0.15) is 15.9 Å². The fraction of sp³-hybridized carbons (Fsp3) is 0.115. The van der Waals surface area contributed by atoms with E-state index in [1.54, 1.807) is 24.4 Å². The molecular weight excluding hydrogens is 492 g/mol. The minimum Gasteiger partial charge on any atom is -0.454 e. The van der Waals surface area contributed by atoms with Gasteiger partial charge in [0.1, 0.15) is 17.7 Å². The molecule has 0 spiro atoms. The van der Waals surface area contributed by atoms with Crippen LogP contribution in [0.4, 0.5) is 14.5 Å². The molecule has 2 amide bonds. The van der Waals surface area contributed by atoms with Crippen LogP contribution in [0.3, 0.4) is 0 Å². The van der Waals surface area contributed by atoms with Crippen LogP contribution in [0.15, 0.2) is 72.9 Å². The summed E-state index contributed by atoms with van der Waals surface area (Å²) in [4.78, 5) is 41.1. The largest absolute Gasteiger partial charge is 0.454 e.